The third-order valence-corrected chi connectivity index (χ3v) is 7.99. The zero-order chi connectivity index (χ0) is 28.2. The molecule has 2 N–H and O–H groups in total. The molecule has 0 bridgehead atoms. The summed E-state index contributed by atoms with van der Waals surface area (Å²) in [5.41, 5.74) is 2.96. The molecule has 0 spiro atoms. The monoisotopic (exact) mass is 548 g/mol. The van der Waals surface area contributed by atoms with Crippen LogP contribution in [0.5, 0.6) is 0 Å². The highest BCUT2D eigenvalue weighted by Crippen LogP contribution is 2.38. The zero-order valence-electron chi connectivity index (χ0n) is 22.8. The van der Waals surface area contributed by atoms with Crippen molar-refractivity contribution in [1.29, 1.82) is 0 Å². The molecule has 0 radical (unpaired) electrons. The van der Waals surface area contributed by atoms with Gasteiger partial charge < -0.3 is 15.0 Å². The van der Waals surface area contributed by atoms with E-state index in [1.807, 2.05) is 69.3 Å². The fourth-order valence-corrected chi connectivity index (χ4v) is 5.76. The number of carboxylic acids is 1. The fraction of sp³-hybridized carbons (Fsp3) is 0.406. The van der Waals surface area contributed by atoms with Gasteiger partial charge in [-0.3, -0.25) is 14.4 Å². The second-order valence-electron chi connectivity index (χ2n) is 11.7. The smallest absolute Gasteiger partial charge is 0.307 e. The summed E-state index contributed by atoms with van der Waals surface area (Å²) in [5.74, 6) is -1.44. The van der Waals surface area contributed by atoms with Crippen LogP contribution in [0.15, 0.2) is 71.7 Å². The molecule has 1 aliphatic rings. The van der Waals surface area contributed by atoms with Crippen molar-refractivity contribution in [2.45, 2.75) is 65.3 Å². The van der Waals surface area contributed by atoms with Gasteiger partial charge in [0.15, 0.2) is 0 Å². The first-order chi connectivity index (χ1) is 18.5. The van der Waals surface area contributed by atoms with E-state index in [9.17, 15) is 19.5 Å². The van der Waals surface area contributed by atoms with Gasteiger partial charge in [-0.05, 0) is 65.5 Å². The van der Waals surface area contributed by atoms with E-state index >= 15 is 0 Å². The number of carboxylic acid groups (broad SMARTS) is 1. The molecule has 1 saturated carbocycles. The number of nitrogens with zero attached hydrogens (tertiary/aromatic N) is 1. The lowest BCUT2D eigenvalue weighted by Crippen LogP contribution is -2.30. The number of anilines is 1. The summed E-state index contributed by atoms with van der Waals surface area (Å²) in [4.78, 5) is 37.7. The molecule has 1 amide bonds. The first-order valence-electron chi connectivity index (χ1n) is 13.6. The topological polar surface area (TPSA) is 88.4 Å². The first-order valence-corrected chi connectivity index (χ1v) is 14.0. The molecule has 1 aliphatic carbocycles. The van der Waals surface area contributed by atoms with Crippen molar-refractivity contribution >= 4 is 29.2 Å². The Kier molecular flexibility index (Phi) is 8.96. The molecule has 2 atom stereocenters. The normalized spacial score (nSPS) is 15.6. The van der Waals surface area contributed by atoms with E-state index in [-0.39, 0.29) is 28.7 Å². The SMILES string of the molecule is CC(C)(C)C(Cc1cccc(NC(=O)[C@H](c2ccc(Cn3cc(Cl)ccc3=O)cc2)C2CCCC2)c1)C(=O)O. The molecule has 39 heavy (non-hydrogen) atoms. The van der Waals surface area contributed by atoms with Gasteiger partial charge in [-0.2, -0.15) is 0 Å². The number of carbonyl (C=O) groups excluding carboxylic acids is 1. The van der Waals surface area contributed by atoms with E-state index < -0.39 is 11.9 Å². The van der Waals surface area contributed by atoms with Gasteiger partial charge in [0.25, 0.3) is 5.56 Å². The average Bonchev–Trinajstić information content (AvgIpc) is 3.40. The van der Waals surface area contributed by atoms with Crippen molar-refractivity contribution in [3.05, 3.63) is 98.9 Å². The van der Waals surface area contributed by atoms with E-state index in [4.69, 9.17) is 11.6 Å². The summed E-state index contributed by atoms with van der Waals surface area (Å²) in [7, 11) is 0. The summed E-state index contributed by atoms with van der Waals surface area (Å²) in [5, 5.41) is 13.4. The second kappa shape index (κ2) is 12.2. The summed E-state index contributed by atoms with van der Waals surface area (Å²) >= 11 is 6.06. The first kappa shape index (κ1) is 28.6. The fourth-order valence-electron chi connectivity index (χ4n) is 5.58. The second-order valence-corrected chi connectivity index (χ2v) is 12.2. The van der Waals surface area contributed by atoms with Gasteiger partial charge >= 0.3 is 5.97 Å². The van der Waals surface area contributed by atoms with E-state index in [1.165, 1.54) is 6.07 Å². The lowest BCUT2D eigenvalue weighted by atomic mass is 9.77. The minimum absolute atomic E-state index is 0.0523. The van der Waals surface area contributed by atoms with Crippen LogP contribution < -0.4 is 10.9 Å². The molecule has 7 heteroatoms. The molecule has 206 valence electrons. The number of hydrogen-bond acceptors (Lipinski definition) is 3. The number of nitrogens with one attached hydrogen (secondary N) is 1. The lowest BCUT2D eigenvalue weighted by Gasteiger charge is -2.27. The maximum atomic E-state index is 13.7. The van der Waals surface area contributed by atoms with Crippen LogP contribution in [0.1, 0.15) is 69.1 Å². The van der Waals surface area contributed by atoms with Crippen molar-refractivity contribution < 1.29 is 14.7 Å². The van der Waals surface area contributed by atoms with Gasteiger partial charge in [-0.25, -0.2) is 0 Å². The summed E-state index contributed by atoms with van der Waals surface area (Å²) in [6, 6.07) is 18.5. The van der Waals surface area contributed by atoms with Crippen molar-refractivity contribution in [3.8, 4) is 0 Å². The molecular weight excluding hydrogens is 512 g/mol. The number of benzene rings is 2. The van der Waals surface area contributed by atoms with E-state index in [1.54, 1.807) is 16.8 Å². The molecule has 1 aromatic heterocycles. The van der Waals surface area contributed by atoms with Crippen molar-refractivity contribution in [3.63, 3.8) is 0 Å². The van der Waals surface area contributed by atoms with Crippen molar-refractivity contribution in [2.75, 3.05) is 5.32 Å². The predicted octanol–water partition coefficient (Wildman–Crippen LogP) is 6.75. The molecular formula is C32H37ClN2O4. The van der Waals surface area contributed by atoms with E-state index in [0.717, 1.165) is 42.4 Å². The minimum Gasteiger partial charge on any atom is -0.481 e. The van der Waals surface area contributed by atoms with Gasteiger partial charge in [0, 0.05) is 18.0 Å². The van der Waals surface area contributed by atoms with Gasteiger partial charge in [0.2, 0.25) is 5.91 Å². The van der Waals surface area contributed by atoms with Crippen molar-refractivity contribution in [1.82, 2.24) is 4.57 Å². The standard InChI is InChI=1S/C32H37ClN2O4/c1-32(2,3)27(31(38)39)18-22-7-6-10-26(17-22)34-30(37)29(23-8-4-5-9-23)24-13-11-21(12-14-24)19-35-20-25(33)15-16-28(35)36/h6-7,10-17,20,23,27,29H,4-5,8-9,18-19H2,1-3H3,(H,34,37)(H,38,39)/t27?,29-/m0/s1. The van der Waals surface area contributed by atoms with Gasteiger partial charge in [0.1, 0.15) is 0 Å². The van der Waals surface area contributed by atoms with Crippen molar-refractivity contribution in [2.24, 2.45) is 17.3 Å². The average molecular weight is 549 g/mol. The Hall–Kier alpha value is -3.38. The molecule has 4 rings (SSSR count). The Morgan fingerprint density at radius 1 is 1.03 bits per heavy atom. The Labute approximate surface area is 235 Å². The largest absolute Gasteiger partial charge is 0.481 e. The van der Waals surface area contributed by atoms with Crippen LogP contribution in [0, 0.1) is 17.3 Å². The highest BCUT2D eigenvalue weighted by Gasteiger charge is 2.33. The number of halogens is 1. The number of hydrogen-bond donors (Lipinski definition) is 2. The molecule has 1 heterocycles. The van der Waals surface area contributed by atoms with E-state index in [0.29, 0.717) is 23.7 Å². The molecule has 2 aromatic carbocycles. The molecule has 6 nitrogen and oxygen atoms in total. The highest BCUT2D eigenvalue weighted by atomic mass is 35.5. The van der Waals surface area contributed by atoms with Gasteiger partial charge in [0.05, 0.1) is 23.4 Å². The number of pyridine rings is 1. The van der Waals surface area contributed by atoms with Crippen LogP contribution in [0.2, 0.25) is 5.02 Å². The number of carbonyl (C=O) groups is 2. The molecule has 3 aromatic rings. The van der Waals surface area contributed by atoms with Crippen LogP contribution in [0.4, 0.5) is 5.69 Å². The third kappa shape index (κ3) is 7.39. The van der Waals surface area contributed by atoms with Gasteiger partial charge in [-0.1, -0.05) is 81.6 Å². The molecule has 1 fully saturated rings. The number of aromatic nitrogens is 1. The molecule has 0 saturated heterocycles. The number of rotatable bonds is 9. The molecule has 1 unspecified atom stereocenters. The molecule has 0 aliphatic heterocycles. The lowest BCUT2D eigenvalue weighted by molar-refractivity contribution is -0.145. The summed E-state index contributed by atoms with van der Waals surface area (Å²) in [6.45, 7) is 6.20. The van der Waals surface area contributed by atoms with Crippen LogP contribution >= 0.6 is 11.6 Å². The zero-order valence-corrected chi connectivity index (χ0v) is 23.6. The minimum atomic E-state index is -0.818. The van der Waals surface area contributed by atoms with Crippen LogP contribution in [-0.4, -0.2) is 21.6 Å². The van der Waals surface area contributed by atoms with Gasteiger partial charge in [-0.15, -0.1) is 0 Å². The Morgan fingerprint density at radius 3 is 2.36 bits per heavy atom. The van der Waals surface area contributed by atoms with Crippen LogP contribution in [0.3, 0.4) is 0 Å². The highest BCUT2D eigenvalue weighted by molar-refractivity contribution is 6.30. The summed E-state index contributed by atoms with van der Waals surface area (Å²) < 4.78 is 1.57. The number of amides is 1. The Balaban J connectivity index is 1.53. The quantitative estimate of drug-likeness (QED) is 0.309. The van der Waals surface area contributed by atoms with Crippen LogP contribution in [0.25, 0.3) is 0 Å². The third-order valence-electron chi connectivity index (χ3n) is 7.77. The number of aliphatic carboxylic acids is 1. The Morgan fingerprint density at radius 2 is 1.72 bits per heavy atom. The summed E-state index contributed by atoms with van der Waals surface area (Å²) in [6.07, 6.45) is 6.26. The predicted molar refractivity (Wildman–Crippen MR) is 155 cm³/mol. The Bertz CT molecular complexity index is 1370. The van der Waals surface area contributed by atoms with Crippen LogP contribution in [-0.2, 0) is 22.6 Å². The maximum Gasteiger partial charge on any atom is 0.307 e. The van der Waals surface area contributed by atoms with E-state index in [2.05, 4.69) is 5.32 Å². The maximum absolute atomic E-state index is 13.7.